The number of thioether (sulfide) groups is 1. The molecule has 2 N–H and O–H groups in total. The summed E-state index contributed by atoms with van der Waals surface area (Å²) in [6.07, 6.45) is 4.55. The molecule has 1 aliphatic heterocycles. The lowest BCUT2D eigenvalue weighted by molar-refractivity contribution is -0.143. The van der Waals surface area contributed by atoms with E-state index >= 15 is 0 Å². The Bertz CT molecular complexity index is 1250. The average Bonchev–Trinajstić information content (AvgIpc) is 3.34. The van der Waals surface area contributed by atoms with Gasteiger partial charge in [0.1, 0.15) is 40.0 Å². The van der Waals surface area contributed by atoms with E-state index in [0.717, 1.165) is 12.8 Å². The third-order valence-corrected chi connectivity index (χ3v) is 7.37. The highest BCUT2D eigenvalue weighted by Gasteiger charge is 2.40. The maximum absolute atomic E-state index is 13.3. The monoisotopic (exact) mass is 620 g/mol. The lowest BCUT2D eigenvalue weighted by Crippen LogP contribution is -2.45. The molecule has 2 atom stereocenters. The van der Waals surface area contributed by atoms with Gasteiger partial charge in [-0.25, -0.2) is 14.4 Å². The maximum Gasteiger partial charge on any atom is 0.407 e. The fraction of sp³-hybridized carbons (Fsp3) is 0.600. The van der Waals surface area contributed by atoms with Crippen LogP contribution in [0.2, 0.25) is 0 Å². The molecule has 238 valence electrons. The van der Waals surface area contributed by atoms with Crippen molar-refractivity contribution in [2.75, 3.05) is 18.9 Å². The van der Waals surface area contributed by atoms with Gasteiger partial charge in [-0.3, -0.25) is 9.79 Å². The van der Waals surface area contributed by atoms with Gasteiger partial charge < -0.3 is 29.4 Å². The second-order valence-electron chi connectivity index (χ2n) is 11.3. The van der Waals surface area contributed by atoms with Crippen LogP contribution in [-0.2, 0) is 19.2 Å². The van der Waals surface area contributed by atoms with Crippen molar-refractivity contribution >= 4 is 40.5 Å². The maximum atomic E-state index is 13.3. The van der Waals surface area contributed by atoms with Crippen LogP contribution in [0.15, 0.2) is 44.1 Å². The molecule has 1 aromatic rings. The molecule has 0 aliphatic carbocycles. The zero-order chi connectivity index (χ0) is 32.0. The number of alkyl carbamates (subject to hydrolysis) is 1. The number of hydrogen-bond donors (Lipinski definition) is 2. The fourth-order valence-corrected chi connectivity index (χ4v) is 4.98. The van der Waals surface area contributed by atoms with E-state index in [1.807, 2.05) is 6.92 Å². The van der Waals surface area contributed by atoms with Crippen molar-refractivity contribution in [1.29, 1.82) is 0 Å². The summed E-state index contributed by atoms with van der Waals surface area (Å²) in [4.78, 5) is 58.9. The van der Waals surface area contributed by atoms with Crippen molar-refractivity contribution in [1.82, 2.24) is 10.6 Å². The zero-order valence-electron chi connectivity index (χ0n) is 25.9. The molecule has 1 aliphatic rings. The van der Waals surface area contributed by atoms with E-state index in [2.05, 4.69) is 27.4 Å². The van der Waals surface area contributed by atoms with Crippen LogP contribution in [0, 0.1) is 0 Å². The Morgan fingerprint density at radius 2 is 2.00 bits per heavy atom. The molecular weight excluding hydrogens is 576 g/mol. The topological polar surface area (TPSA) is 158 Å². The lowest BCUT2D eigenvalue weighted by atomic mass is 10.0. The normalized spacial score (nSPS) is 17.4. The van der Waals surface area contributed by atoms with E-state index in [-0.39, 0.29) is 18.9 Å². The third-order valence-electron chi connectivity index (χ3n) is 6.00. The molecule has 13 heteroatoms. The number of rotatable bonds is 16. The quantitative estimate of drug-likeness (QED) is 0.0846. The van der Waals surface area contributed by atoms with Crippen LogP contribution < -0.4 is 21.0 Å². The Balaban J connectivity index is 1.89. The van der Waals surface area contributed by atoms with E-state index in [0.29, 0.717) is 53.8 Å². The van der Waals surface area contributed by atoms with Crippen molar-refractivity contribution in [2.24, 2.45) is 10.1 Å². The first kappa shape index (κ1) is 35.6. The molecule has 2 rings (SSSR count). The fourth-order valence-electron chi connectivity index (χ4n) is 3.85. The molecule has 1 aromatic heterocycles. The summed E-state index contributed by atoms with van der Waals surface area (Å²) in [5, 5.41) is 10.1. The Morgan fingerprint density at radius 1 is 1.26 bits per heavy atom. The molecule has 2 amide bonds. The Kier molecular flexibility index (Phi) is 14.0. The number of amides is 2. The van der Waals surface area contributed by atoms with Crippen molar-refractivity contribution < 1.29 is 33.1 Å². The van der Waals surface area contributed by atoms with E-state index in [4.69, 9.17) is 18.7 Å². The van der Waals surface area contributed by atoms with Crippen LogP contribution in [0.1, 0.15) is 91.9 Å². The average molecular weight is 621 g/mol. The second kappa shape index (κ2) is 16.9. The van der Waals surface area contributed by atoms with Gasteiger partial charge in [0.25, 0.3) is 0 Å². The summed E-state index contributed by atoms with van der Waals surface area (Å²) in [6, 6.07) is 2.28. The Labute approximate surface area is 257 Å². The van der Waals surface area contributed by atoms with Crippen LogP contribution in [0.4, 0.5) is 4.79 Å². The highest BCUT2D eigenvalue weighted by atomic mass is 32.2. The molecule has 0 aromatic carbocycles. The first-order chi connectivity index (χ1) is 20.3. The molecule has 0 spiro atoms. The van der Waals surface area contributed by atoms with Crippen molar-refractivity contribution in [3.8, 4) is 5.75 Å². The number of nitrogens with zero attached hydrogens (tertiary/aromatic N) is 2. The zero-order valence-corrected chi connectivity index (χ0v) is 26.8. The number of nitrogens with one attached hydrogen (secondary N) is 2. The highest BCUT2D eigenvalue weighted by molar-refractivity contribution is 8.16. The Hall–Kier alpha value is -3.61. The first-order valence-corrected chi connectivity index (χ1v) is 15.4. The second-order valence-corrected chi connectivity index (χ2v) is 12.3. The van der Waals surface area contributed by atoms with E-state index in [9.17, 15) is 19.2 Å². The van der Waals surface area contributed by atoms with Gasteiger partial charge in [-0.05, 0) is 53.9 Å². The minimum atomic E-state index is -1.10. The number of hydrogen-bond acceptors (Lipinski definition) is 11. The van der Waals surface area contributed by atoms with Crippen LogP contribution in [0.25, 0.3) is 0 Å². The van der Waals surface area contributed by atoms with Crippen LogP contribution in [0.5, 0.6) is 5.75 Å². The standard InChI is InChI=1S/C30H44N4O8S/c1-8-13-22(23-17-21(39-16-9-2)18-25(36)40-23)32-27(37)30(7)19-43-26(33-30)20(3)34-42-24(35)14-11-10-12-15-31-28(38)41-29(4,5)6/h9,17-18,22H,2,8,10-16,19H2,1,3-7H3,(H,31,38)(H,32,37)/b34-20+/t22-,30+/m1/s1. The van der Waals surface area contributed by atoms with Crippen LogP contribution in [-0.4, -0.2) is 58.8 Å². The van der Waals surface area contributed by atoms with Gasteiger partial charge in [-0.1, -0.05) is 37.6 Å². The minimum absolute atomic E-state index is 0.178. The summed E-state index contributed by atoms with van der Waals surface area (Å²) in [5.74, 6) is 0.175. The molecule has 0 saturated carbocycles. The number of aliphatic imine (C=N–C) groups is 1. The first-order valence-electron chi connectivity index (χ1n) is 14.4. The summed E-state index contributed by atoms with van der Waals surface area (Å²) < 4.78 is 16.0. The molecule has 0 fully saturated rings. The van der Waals surface area contributed by atoms with Crippen molar-refractivity contribution in [3.05, 3.63) is 41.0 Å². The summed E-state index contributed by atoms with van der Waals surface area (Å²) in [6.45, 7) is 15.0. The molecule has 2 heterocycles. The molecule has 43 heavy (non-hydrogen) atoms. The number of ether oxygens (including phenoxy) is 2. The van der Waals surface area contributed by atoms with Gasteiger partial charge in [-0.2, -0.15) is 0 Å². The molecular formula is C30H44N4O8S. The SMILES string of the molecule is C=CCOc1cc([C@@H](CCC)NC(=O)[C@]2(C)CSC(/C(C)=N/OC(=O)CCCCCNC(=O)OC(C)(C)C)=N2)oc(=O)c1. The van der Waals surface area contributed by atoms with Crippen LogP contribution in [0.3, 0.4) is 0 Å². The van der Waals surface area contributed by atoms with E-state index in [1.54, 1.807) is 46.8 Å². The van der Waals surface area contributed by atoms with Gasteiger partial charge in [-0.15, -0.1) is 11.8 Å². The van der Waals surface area contributed by atoms with E-state index in [1.165, 1.54) is 17.8 Å². The van der Waals surface area contributed by atoms with Crippen molar-refractivity contribution in [3.63, 3.8) is 0 Å². The Morgan fingerprint density at radius 3 is 2.67 bits per heavy atom. The number of carbonyl (C=O) groups excluding carboxylic acids is 3. The van der Waals surface area contributed by atoms with Gasteiger partial charge in [0.2, 0.25) is 5.91 Å². The van der Waals surface area contributed by atoms with Gasteiger partial charge in [0, 0.05) is 24.8 Å². The van der Waals surface area contributed by atoms with Crippen LogP contribution >= 0.6 is 11.8 Å². The number of carbonyl (C=O) groups is 3. The molecule has 0 bridgehead atoms. The summed E-state index contributed by atoms with van der Waals surface area (Å²) in [7, 11) is 0. The minimum Gasteiger partial charge on any atom is -0.489 e. The molecule has 12 nitrogen and oxygen atoms in total. The predicted octanol–water partition coefficient (Wildman–Crippen LogP) is 5.07. The molecule has 0 unspecified atom stereocenters. The molecule has 0 radical (unpaired) electrons. The summed E-state index contributed by atoms with van der Waals surface area (Å²) >= 11 is 1.34. The van der Waals surface area contributed by atoms with Gasteiger partial charge >= 0.3 is 17.7 Å². The molecule has 0 saturated heterocycles. The van der Waals surface area contributed by atoms with Gasteiger partial charge in [0.05, 0.1) is 12.1 Å². The predicted molar refractivity (Wildman–Crippen MR) is 167 cm³/mol. The lowest BCUT2D eigenvalue weighted by Gasteiger charge is -2.24. The third kappa shape index (κ3) is 12.7. The number of oxime groups is 1. The largest absolute Gasteiger partial charge is 0.489 e. The van der Waals surface area contributed by atoms with Gasteiger partial charge in [0.15, 0.2) is 0 Å². The highest BCUT2D eigenvalue weighted by Crippen LogP contribution is 2.30. The van der Waals surface area contributed by atoms with E-state index < -0.39 is 34.9 Å². The smallest absolute Gasteiger partial charge is 0.407 e. The summed E-state index contributed by atoms with van der Waals surface area (Å²) in [5.41, 5.74) is -1.84. The number of unbranched alkanes of at least 4 members (excludes halogenated alkanes) is 2. The van der Waals surface area contributed by atoms with Crippen molar-refractivity contribution in [2.45, 2.75) is 97.2 Å².